The molecule has 21 heavy (non-hydrogen) atoms. The summed E-state index contributed by atoms with van der Waals surface area (Å²) in [6.45, 7) is 0. The number of nitrogens with zero attached hydrogens (tertiary/aromatic N) is 5. The quantitative estimate of drug-likeness (QED) is 0.494. The summed E-state index contributed by atoms with van der Waals surface area (Å²) >= 11 is 0. The molecule has 0 aliphatic heterocycles. The summed E-state index contributed by atoms with van der Waals surface area (Å²) in [5, 5.41) is 49.8. The predicted octanol–water partition coefficient (Wildman–Crippen LogP) is 1.74. The topological polar surface area (TPSA) is 170 Å². The molecule has 0 atom stereocenters. The van der Waals surface area contributed by atoms with Crippen LogP contribution in [-0.4, -0.2) is 9.85 Å². The molecular weight excluding hydrogens is 280 g/mol. The highest BCUT2D eigenvalue weighted by Crippen LogP contribution is 2.26. The van der Waals surface area contributed by atoms with Gasteiger partial charge in [0.25, 0.3) is 11.4 Å². The maximum atomic E-state index is 10.7. The fourth-order valence-electron chi connectivity index (χ4n) is 1.31. The predicted molar refractivity (Wildman–Crippen MR) is 67.2 cm³/mol. The third kappa shape index (κ3) is 3.50. The molecule has 102 valence electrons. The minimum atomic E-state index is -0.844. The largest absolute Gasteiger partial charge is 0.345 e. The van der Waals surface area contributed by atoms with Gasteiger partial charge in [-0.05, 0) is 0 Å². The van der Waals surface area contributed by atoms with Gasteiger partial charge >= 0.3 is 0 Å². The van der Waals surface area contributed by atoms with Gasteiger partial charge in [0.2, 0.25) is 0 Å². The van der Waals surface area contributed by atoms with E-state index in [1.54, 1.807) is 0 Å². The molecule has 0 bridgehead atoms. The first-order chi connectivity index (χ1) is 9.92. The number of nitro benzene ring substituents is 2. The molecule has 0 radical (unpaired) electrons. The second-order valence-corrected chi connectivity index (χ2v) is 3.46. The van der Waals surface area contributed by atoms with E-state index in [0.29, 0.717) is 0 Å². The highest BCUT2D eigenvalue weighted by atomic mass is 16.6. The lowest BCUT2D eigenvalue weighted by molar-refractivity contribution is -0.394. The average Bonchev–Trinajstić information content (AvgIpc) is 2.46. The molecular formula is C11H4N6O4. The van der Waals surface area contributed by atoms with Crippen LogP contribution in [0.2, 0.25) is 0 Å². The van der Waals surface area contributed by atoms with E-state index in [1.165, 1.54) is 18.2 Å². The molecule has 0 heterocycles. The van der Waals surface area contributed by atoms with Crippen LogP contribution in [0.25, 0.3) is 0 Å². The van der Waals surface area contributed by atoms with Crippen LogP contribution in [-0.2, 0) is 0 Å². The molecule has 0 aromatic heterocycles. The van der Waals surface area contributed by atoms with E-state index in [2.05, 4.69) is 5.32 Å². The molecule has 0 saturated carbocycles. The van der Waals surface area contributed by atoms with Gasteiger partial charge in [0.05, 0.1) is 21.6 Å². The number of nitro groups is 2. The Kier molecular flexibility index (Phi) is 4.51. The van der Waals surface area contributed by atoms with Crippen molar-refractivity contribution in [1.82, 2.24) is 0 Å². The van der Waals surface area contributed by atoms with E-state index in [1.807, 2.05) is 0 Å². The van der Waals surface area contributed by atoms with Crippen LogP contribution in [0, 0.1) is 54.2 Å². The zero-order valence-corrected chi connectivity index (χ0v) is 10.1. The SMILES string of the molecule is N#CC(C#N)=C(C#N)Nc1cc([N+](=O)[O-])cc([N+](=O)[O-])c1. The minimum Gasteiger partial charge on any atom is -0.345 e. The Labute approximate surface area is 117 Å². The fourth-order valence-corrected chi connectivity index (χ4v) is 1.31. The van der Waals surface area contributed by atoms with Gasteiger partial charge in [-0.1, -0.05) is 0 Å². The summed E-state index contributed by atoms with van der Waals surface area (Å²) in [4.78, 5) is 19.7. The lowest BCUT2D eigenvalue weighted by Gasteiger charge is -2.04. The number of hydrogen-bond donors (Lipinski definition) is 1. The Morgan fingerprint density at radius 2 is 1.43 bits per heavy atom. The molecule has 1 aromatic rings. The van der Waals surface area contributed by atoms with Gasteiger partial charge < -0.3 is 5.32 Å². The van der Waals surface area contributed by atoms with Crippen molar-refractivity contribution >= 4 is 17.1 Å². The van der Waals surface area contributed by atoms with E-state index in [0.717, 1.165) is 18.2 Å². The Morgan fingerprint density at radius 3 is 1.76 bits per heavy atom. The van der Waals surface area contributed by atoms with Gasteiger partial charge in [0.15, 0.2) is 5.57 Å². The first-order valence-corrected chi connectivity index (χ1v) is 5.08. The minimum absolute atomic E-state index is 0.157. The van der Waals surface area contributed by atoms with Gasteiger partial charge in [0, 0.05) is 12.1 Å². The molecule has 0 fully saturated rings. The van der Waals surface area contributed by atoms with Crippen LogP contribution in [0.5, 0.6) is 0 Å². The summed E-state index contributed by atoms with van der Waals surface area (Å²) in [5.74, 6) is 0. The number of nitriles is 3. The van der Waals surface area contributed by atoms with Gasteiger partial charge in [-0.25, -0.2) is 0 Å². The lowest BCUT2D eigenvalue weighted by atomic mass is 10.2. The maximum absolute atomic E-state index is 10.7. The Balaban J connectivity index is 3.39. The summed E-state index contributed by atoms with van der Waals surface area (Å²) in [5.41, 5.74) is -2.31. The van der Waals surface area contributed by atoms with Crippen molar-refractivity contribution in [3.63, 3.8) is 0 Å². The van der Waals surface area contributed by atoms with E-state index < -0.39 is 32.5 Å². The fraction of sp³-hybridized carbons (Fsp3) is 0. The maximum Gasteiger partial charge on any atom is 0.278 e. The lowest BCUT2D eigenvalue weighted by Crippen LogP contribution is -2.02. The Morgan fingerprint density at radius 1 is 0.952 bits per heavy atom. The van der Waals surface area contributed by atoms with Crippen LogP contribution < -0.4 is 5.32 Å². The van der Waals surface area contributed by atoms with Crippen LogP contribution >= 0.6 is 0 Å². The number of allylic oxidation sites excluding steroid dienone is 2. The molecule has 1 aromatic carbocycles. The monoisotopic (exact) mass is 284 g/mol. The molecule has 0 spiro atoms. The van der Waals surface area contributed by atoms with E-state index in [9.17, 15) is 20.2 Å². The standard InChI is InChI=1S/C11H4N6O4/c12-4-7(5-13)11(6-14)15-8-1-9(16(18)19)3-10(2-8)17(20)21/h1-3,15H. The van der Waals surface area contributed by atoms with Crippen molar-refractivity contribution in [2.45, 2.75) is 0 Å². The molecule has 10 heteroatoms. The smallest absolute Gasteiger partial charge is 0.278 e. The zero-order valence-electron chi connectivity index (χ0n) is 10.1. The third-order valence-electron chi connectivity index (χ3n) is 2.18. The number of nitrogens with one attached hydrogen (secondary N) is 1. The van der Waals surface area contributed by atoms with Crippen molar-refractivity contribution in [2.75, 3.05) is 5.32 Å². The molecule has 0 saturated heterocycles. The first-order valence-electron chi connectivity index (χ1n) is 5.08. The molecule has 0 unspecified atom stereocenters. The molecule has 0 amide bonds. The van der Waals surface area contributed by atoms with E-state index in [-0.39, 0.29) is 5.69 Å². The van der Waals surface area contributed by atoms with Gasteiger partial charge in [-0.15, -0.1) is 0 Å². The van der Waals surface area contributed by atoms with Crippen LogP contribution in [0.1, 0.15) is 0 Å². The first kappa shape index (κ1) is 15.1. The van der Waals surface area contributed by atoms with Crippen LogP contribution in [0.15, 0.2) is 29.5 Å². The van der Waals surface area contributed by atoms with Gasteiger partial charge in [-0.3, -0.25) is 20.2 Å². The third-order valence-corrected chi connectivity index (χ3v) is 2.18. The number of anilines is 1. The van der Waals surface area contributed by atoms with Crippen LogP contribution in [0.3, 0.4) is 0 Å². The second-order valence-electron chi connectivity index (χ2n) is 3.46. The molecule has 1 rings (SSSR count). The average molecular weight is 284 g/mol. The normalized spacial score (nSPS) is 8.62. The summed E-state index contributed by atoms with van der Waals surface area (Å²) in [7, 11) is 0. The van der Waals surface area contributed by atoms with Gasteiger partial charge in [0.1, 0.15) is 23.9 Å². The van der Waals surface area contributed by atoms with Crippen LogP contribution in [0.4, 0.5) is 17.1 Å². The Hall–Kier alpha value is -3.97. The number of non-ortho nitro benzene ring substituents is 2. The van der Waals surface area contributed by atoms with E-state index >= 15 is 0 Å². The highest BCUT2D eigenvalue weighted by molar-refractivity contribution is 5.64. The summed E-state index contributed by atoms with van der Waals surface area (Å²) in [6.07, 6.45) is 0. The van der Waals surface area contributed by atoms with Crippen molar-refractivity contribution in [2.24, 2.45) is 0 Å². The van der Waals surface area contributed by atoms with Crippen molar-refractivity contribution in [3.8, 4) is 18.2 Å². The van der Waals surface area contributed by atoms with Crippen molar-refractivity contribution < 1.29 is 9.85 Å². The number of benzene rings is 1. The highest BCUT2D eigenvalue weighted by Gasteiger charge is 2.17. The zero-order chi connectivity index (χ0) is 16.0. The van der Waals surface area contributed by atoms with Crippen molar-refractivity contribution in [3.05, 3.63) is 49.7 Å². The van der Waals surface area contributed by atoms with Gasteiger partial charge in [-0.2, -0.15) is 15.8 Å². The molecule has 0 aliphatic carbocycles. The number of hydrogen-bond acceptors (Lipinski definition) is 8. The number of rotatable bonds is 4. The second kappa shape index (κ2) is 6.27. The molecule has 0 aliphatic rings. The summed E-state index contributed by atoms with van der Waals surface area (Å²) < 4.78 is 0. The van der Waals surface area contributed by atoms with E-state index in [4.69, 9.17) is 15.8 Å². The Bertz CT molecular complexity index is 729. The molecule has 1 N–H and O–H groups in total. The van der Waals surface area contributed by atoms with Crippen molar-refractivity contribution in [1.29, 1.82) is 15.8 Å². The summed E-state index contributed by atoms with van der Waals surface area (Å²) in [6, 6.07) is 7.09. The molecule has 10 nitrogen and oxygen atoms in total.